The van der Waals surface area contributed by atoms with Crippen molar-refractivity contribution in [3.63, 3.8) is 0 Å². The van der Waals surface area contributed by atoms with E-state index in [-0.39, 0.29) is 24.2 Å². The zero-order valence-corrected chi connectivity index (χ0v) is 16.3. The summed E-state index contributed by atoms with van der Waals surface area (Å²) in [5.41, 5.74) is -0.448. The molecule has 9 nitrogen and oxygen atoms in total. The van der Waals surface area contributed by atoms with Gasteiger partial charge in [0.1, 0.15) is 12.4 Å². The summed E-state index contributed by atoms with van der Waals surface area (Å²) in [6.07, 6.45) is 2.85. The molecule has 30 heavy (non-hydrogen) atoms. The van der Waals surface area contributed by atoms with Crippen LogP contribution in [0.15, 0.2) is 50.6 Å². The van der Waals surface area contributed by atoms with E-state index in [2.05, 4.69) is 10.1 Å². The normalized spacial score (nSPS) is 16.6. The van der Waals surface area contributed by atoms with Crippen molar-refractivity contribution in [2.45, 2.75) is 25.3 Å². The monoisotopic (exact) mass is 413 g/mol. The Balaban J connectivity index is 1.47. The molecule has 0 aliphatic carbocycles. The Labute approximate surface area is 170 Å². The number of nitrogens with zero attached hydrogens (tertiary/aromatic N) is 5. The van der Waals surface area contributed by atoms with E-state index in [1.165, 1.54) is 36.0 Å². The SMILES string of the molecule is Cn1c(=O)ccn(CC(=O)N2CCCC(c3nc(-c4cccc(F)c4)no3)C2)c1=O. The van der Waals surface area contributed by atoms with Crippen LogP contribution in [0.25, 0.3) is 11.4 Å². The van der Waals surface area contributed by atoms with Crippen molar-refractivity contribution in [1.29, 1.82) is 0 Å². The number of carbonyl (C=O) groups excluding carboxylic acids is 1. The van der Waals surface area contributed by atoms with Gasteiger partial charge in [-0.1, -0.05) is 17.3 Å². The smallest absolute Gasteiger partial charge is 0.331 e. The highest BCUT2D eigenvalue weighted by Gasteiger charge is 2.29. The lowest BCUT2D eigenvalue weighted by atomic mass is 9.98. The third kappa shape index (κ3) is 3.93. The van der Waals surface area contributed by atoms with Crippen LogP contribution in [0.4, 0.5) is 4.39 Å². The standard InChI is InChI=1S/C20H20FN5O4/c1-24-16(27)7-9-26(20(24)29)12-17(28)25-8-3-5-14(11-25)19-22-18(23-30-19)13-4-2-6-15(21)10-13/h2,4,6-7,9-10,14H,3,5,8,11-12H2,1H3. The topological polar surface area (TPSA) is 103 Å². The van der Waals surface area contributed by atoms with E-state index >= 15 is 0 Å². The molecule has 0 N–H and O–H groups in total. The predicted molar refractivity (Wildman–Crippen MR) is 104 cm³/mol. The van der Waals surface area contributed by atoms with E-state index in [0.29, 0.717) is 30.4 Å². The van der Waals surface area contributed by atoms with Crippen LogP contribution in [-0.2, 0) is 18.4 Å². The second-order valence-corrected chi connectivity index (χ2v) is 7.27. The number of benzene rings is 1. The molecule has 0 bridgehead atoms. The number of rotatable bonds is 4. The molecular formula is C20H20FN5O4. The number of aromatic nitrogens is 4. The van der Waals surface area contributed by atoms with Crippen molar-refractivity contribution < 1.29 is 13.7 Å². The number of amides is 1. The molecule has 1 atom stereocenters. The zero-order valence-electron chi connectivity index (χ0n) is 16.3. The van der Waals surface area contributed by atoms with Gasteiger partial charge in [0.25, 0.3) is 5.56 Å². The molecule has 1 fully saturated rings. The average Bonchev–Trinajstić information content (AvgIpc) is 3.25. The quantitative estimate of drug-likeness (QED) is 0.636. The van der Waals surface area contributed by atoms with Gasteiger partial charge in [-0.15, -0.1) is 0 Å². The maximum atomic E-state index is 13.4. The van der Waals surface area contributed by atoms with Crippen LogP contribution < -0.4 is 11.2 Å². The maximum Gasteiger partial charge on any atom is 0.331 e. The highest BCUT2D eigenvalue weighted by molar-refractivity contribution is 5.76. The maximum absolute atomic E-state index is 13.4. The van der Waals surface area contributed by atoms with Crippen LogP contribution in [0.5, 0.6) is 0 Å². The molecule has 1 aromatic carbocycles. The van der Waals surface area contributed by atoms with E-state index in [1.807, 2.05) is 0 Å². The Morgan fingerprint density at radius 3 is 2.93 bits per heavy atom. The fourth-order valence-electron chi connectivity index (χ4n) is 3.53. The van der Waals surface area contributed by atoms with Gasteiger partial charge in [-0.25, -0.2) is 9.18 Å². The van der Waals surface area contributed by atoms with Crippen LogP contribution in [0.2, 0.25) is 0 Å². The van der Waals surface area contributed by atoms with Gasteiger partial charge >= 0.3 is 5.69 Å². The van der Waals surface area contributed by atoms with Crippen molar-refractivity contribution in [3.05, 3.63) is 69.1 Å². The summed E-state index contributed by atoms with van der Waals surface area (Å²) in [6.45, 7) is 0.781. The molecule has 10 heteroatoms. The molecule has 1 aliphatic rings. The molecule has 1 saturated heterocycles. The van der Waals surface area contributed by atoms with Crippen molar-refractivity contribution in [1.82, 2.24) is 24.2 Å². The van der Waals surface area contributed by atoms with Gasteiger partial charge in [-0.2, -0.15) is 4.98 Å². The average molecular weight is 413 g/mol. The fraction of sp³-hybridized carbons (Fsp3) is 0.350. The minimum atomic E-state index is -0.541. The molecule has 1 aliphatic heterocycles. The lowest BCUT2D eigenvalue weighted by Gasteiger charge is -2.31. The summed E-state index contributed by atoms with van der Waals surface area (Å²) < 4.78 is 21.0. The predicted octanol–water partition coefficient (Wildman–Crippen LogP) is 1.14. The van der Waals surface area contributed by atoms with Crippen LogP contribution in [0.3, 0.4) is 0 Å². The molecule has 1 unspecified atom stereocenters. The third-order valence-electron chi connectivity index (χ3n) is 5.21. The Kier molecular flexibility index (Phi) is 5.30. The molecular weight excluding hydrogens is 393 g/mol. The number of carbonyl (C=O) groups is 1. The molecule has 3 aromatic rings. The lowest BCUT2D eigenvalue weighted by Crippen LogP contribution is -2.44. The lowest BCUT2D eigenvalue weighted by molar-refractivity contribution is -0.133. The summed E-state index contributed by atoms with van der Waals surface area (Å²) in [4.78, 5) is 42.4. The summed E-state index contributed by atoms with van der Waals surface area (Å²) in [5.74, 6) is -0.0719. The van der Waals surface area contributed by atoms with Gasteiger partial charge in [0, 0.05) is 38.0 Å². The highest BCUT2D eigenvalue weighted by atomic mass is 19.1. The van der Waals surface area contributed by atoms with Gasteiger partial charge < -0.3 is 9.42 Å². The van der Waals surface area contributed by atoms with Crippen LogP contribution in [-0.4, -0.2) is 43.2 Å². The summed E-state index contributed by atoms with van der Waals surface area (Å²) in [5, 5.41) is 3.94. The third-order valence-corrected chi connectivity index (χ3v) is 5.21. The first kappa shape index (κ1) is 19.7. The van der Waals surface area contributed by atoms with Crippen LogP contribution in [0.1, 0.15) is 24.7 Å². The first-order valence-corrected chi connectivity index (χ1v) is 9.56. The molecule has 0 spiro atoms. The molecule has 156 valence electrons. The van der Waals surface area contributed by atoms with Crippen molar-refractivity contribution in [3.8, 4) is 11.4 Å². The minimum absolute atomic E-state index is 0.144. The van der Waals surface area contributed by atoms with Crippen LogP contribution in [0, 0.1) is 5.82 Å². The number of hydrogen-bond acceptors (Lipinski definition) is 6. The molecule has 0 saturated carbocycles. The van der Waals surface area contributed by atoms with E-state index in [1.54, 1.807) is 17.0 Å². The summed E-state index contributed by atoms with van der Waals surface area (Å²) >= 11 is 0. The van der Waals surface area contributed by atoms with Crippen molar-refractivity contribution >= 4 is 5.91 Å². The molecule has 0 radical (unpaired) electrons. The molecule has 3 heterocycles. The van der Waals surface area contributed by atoms with Crippen molar-refractivity contribution in [2.75, 3.05) is 13.1 Å². The Morgan fingerprint density at radius 2 is 2.13 bits per heavy atom. The van der Waals surface area contributed by atoms with Gasteiger partial charge in [-0.3, -0.25) is 18.7 Å². The van der Waals surface area contributed by atoms with Gasteiger partial charge in [0.15, 0.2) is 0 Å². The minimum Gasteiger partial charge on any atom is -0.340 e. The number of hydrogen-bond donors (Lipinski definition) is 0. The molecule has 2 aromatic heterocycles. The Morgan fingerprint density at radius 1 is 1.30 bits per heavy atom. The first-order valence-electron chi connectivity index (χ1n) is 9.56. The Bertz CT molecular complexity index is 1200. The zero-order chi connectivity index (χ0) is 21.3. The number of likely N-dealkylation sites (tertiary alicyclic amines) is 1. The van der Waals surface area contributed by atoms with Crippen molar-refractivity contribution in [2.24, 2.45) is 7.05 Å². The molecule has 4 rings (SSSR count). The first-order chi connectivity index (χ1) is 14.4. The second-order valence-electron chi connectivity index (χ2n) is 7.27. The van der Waals surface area contributed by atoms with E-state index in [9.17, 15) is 18.8 Å². The summed E-state index contributed by atoms with van der Waals surface area (Å²) in [7, 11) is 1.37. The Hall–Kier alpha value is -3.56. The summed E-state index contributed by atoms with van der Waals surface area (Å²) in [6, 6.07) is 7.18. The van der Waals surface area contributed by atoms with E-state index < -0.39 is 11.2 Å². The van der Waals surface area contributed by atoms with E-state index in [0.717, 1.165) is 17.4 Å². The fourth-order valence-corrected chi connectivity index (χ4v) is 3.53. The number of halogens is 1. The number of piperidine rings is 1. The second kappa shape index (κ2) is 8.05. The van der Waals surface area contributed by atoms with Gasteiger partial charge in [0.2, 0.25) is 17.6 Å². The van der Waals surface area contributed by atoms with Gasteiger partial charge in [-0.05, 0) is 25.0 Å². The van der Waals surface area contributed by atoms with Crippen LogP contribution >= 0.6 is 0 Å². The van der Waals surface area contributed by atoms with Gasteiger partial charge in [0.05, 0.1) is 5.92 Å². The largest absolute Gasteiger partial charge is 0.340 e. The van der Waals surface area contributed by atoms with E-state index in [4.69, 9.17) is 4.52 Å². The molecule has 1 amide bonds. The highest BCUT2D eigenvalue weighted by Crippen LogP contribution is 2.27.